The number of carbonyl (C=O) groups excluding carboxylic acids is 2. The molecule has 0 aliphatic carbocycles. The van der Waals surface area contributed by atoms with Gasteiger partial charge in [0.1, 0.15) is 0 Å². The van der Waals surface area contributed by atoms with Gasteiger partial charge in [0.2, 0.25) is 0 Å². The summed E-state index contributed by atoms with van der Waals surface area (Å²) in [6.45, 7) is 2.07. The molecule has 140 valence electrons. The molecule has 5 heteroatoms. The average molecular weight is 389 g/mol. The number of amides is 1. The van der Waals surface area contributed by atoms with Crippen molar-refractivity contribution in [2.75, 3.05) is 7.11 Å². The molecule has 4 rings (SSSR count). The molecule has 0 fully saturated rings. The summed E-state index contributed by atoms with van der Waals surface area (Å²) in [5.74, 6) is -0.790. The smallest absolute Gasteiger partial charge is 0.341 e. The van der Waals surface area contributed by atoms with Crippen molar-refractivity contribution in [2.45, 2.75) is 22.3 Å². The maximum Gasteiger partial charge on any atom is 0.341 e. The first kappa shape index (κ1) is 18.3. The highest BCUT2D eigenvalue weighted by Gasteiger charge is 2.51. The SMILES string of the molecule is COC(=O)C1(c2cccc(Sc3ccccc3C)c2)NC(=O)c2ccccc21. The zero-order valence-corrected chi connectivity index (χ0v) is 16.4. The van der Waals surface area contributed by atoms with E-state index in [1.165, 1.54) is 12.7 Å². The van der Waals surface area contributed by atoms with Crippen LogP contribution in [-0.2, 0) is 15.1 Å². The van der Waals surface area contributed by atoms with Crippen molar-refractivity contribution in [2.24, 2.45) is 0 Å². The molecular weight excluding hydrogens is 370 g/mol. The molecule has 0 spiro atoms. The van der Waals surface area contributed by atoms with Gasteiger partial charge in [-0.3, -0.25) is 4.79 Å². The highest BCUT2D eigenvalue weighted by molar-refractivity contribution is 7.99. The van der Waals surface area contributed by atoms with Crippen LogP contribution in [0.4, 0.5) is 0 Å². The third kappa shape index (κ3) is 2.88. The van der Waals surface area contributed by atoms with Gasteiger partial charge in [-0.2, -0.15) is 0 Å². The number of esters is 1. The second kappa shape index (κ2) is 7.17. The summed E-state index contributed by atoms with van der Waals surface area (Å²) < 4.78 is 5.11. The lowest BCUT2D eigenvalue weighted by atomic mass is 9.83. The summed E-state index contributed by atoms with van der Waals surface area (Å²) in [7, 11) is 1.34. The normalized spacial score (nSPS) is 17.7. The summed E-state index contributed by atoms with van der Waals surface area (Å²) in [4.78, 5) is 27.6. The fraction of sp³-hybridized carbons (Fsp3) is 0.130. The molecule has 1 unspecified atom stereocenters. The highest BCUT2D eigenvalue weighted by Crippen LogP contribution is 2.40. The van der Waals surface area contributed by atoms with E-state index in [0.29, 0.717) is 16.7 Å². The molecule has 1 heterocycles. The highest BCUT2D eigenvalue weighted by atomic mass is 32.2. The molecule has 0 bridgehead atoms. The van der Waals surface area contributed by atoms with Crippen LogP contribution in [0.15, 0.2) is 82.6 Å². The lowest BCUT2D eigenvalue weighted by Crippen LogP contribution is -2.48. The van der Waals surface area contributed by atoms with Gasteiger partial charge in [-0.1, -0.05) is 60.3 Å². The van der Waals surface area contributed by atoms with Crippen LogP contribution < -0.4 is 5.32 Å². The van der Waals surface area contributed by atoms with Crippen LogP contribution in [0.2, 0.25) is 0 Å². The topological polar surface area (TPSA) is 55.4 Å². The summed E-state index contributed by atoms with van der Waals surface area (Å²) in [5.41, 5.74) is 1.62. The van der Waals surface area contributed by atoms with Crippen LogP contribution in [0.1, 0.15) is 27.0 Å². The predicted octanol–water partition coefficient (Wildman–Crippen LogP) is 4.31. The van der Waals surface area contributed by atoms with E-state index < -0.39 is 11.5 Å². The Kier molecular flexibility index (Phi) is 4.69. The number of aryl methyl sites for hydroxylation is 1. The Morgan fingerprint density at radius 3 is 2.54 bits per heavy atom. The minimum Gasteiger partial charge on any atom is -0.467 e. The lowest BCUT2D eigenvalue weighted by Gasteiger charge is -2.28. The van der Waals surface area contributed by atoms with Crippen LogP contribution >= 0.6 is 11.8 Å². The second-order valence-corrected chi connectivity index (χ2v) is 7.75. The number of carbonyl (C=O) groups is 2. The van der Waals surface area contributed by atoms with Crippen molar-refractivity contribution in [1.29, 1.82) is 0 Å². The zero-order valence-electron chi connectivity index (χ0n) is 15.6. The molecule has 1 aliphatic heterocycles. The van der Waals surface area contributed by atoms with Crippen LogP contribution in [0, 0.1) is 6.92 Å². The molecule has 1 amide bonds. The number of hydrogen-bond acceptors (Lipinski definition) is 4. The number of methoxy groups -OCH3 is 1. The van der Waals surface area contributed by atoms with Crippen molar-refractivity contribution < 1.29 is 14.3 Å². The Hall–Kier alpha value is -3.05. The molecule has 0 aromatic heterocycles. The first-order valence-corrected chi connectivity index (χ1v) is 9.72. The molecule has 3 aromatic rings. The molecule has 0 radical (unpaired) electrons. The lowest BCUT2D eigenvalue weighted by molar-refractivity contribution is -0.146. The largest absolute Gasteiger partial charge is 0.467 e. The van der Waals surface area contributed by atoms with Crippen molar-refractivity contribution in [3.63, 3.8) is 0 Å². The van der Waals surface area contributed by atoms with Gasteiger partial charge in [-0.05, 0) is 42.3 Å². The van der Waals surface area contributed by atoms with Crippen molar-refractivity contribution in [3.8, 4) is 0 Å². The van der Waals surface area contributed by atoms with Gasteiger partial charge in [-0.25, -0.2) is 4.79 Å². The van der Waals surface area contributed by atoms with Crippen molar-refractivity contribution >= 4 is 23.6 Å². The molecule has 1 aliphatic rings. The Labute approximate surface area is 167 Å². The van der Waals surface area contributed by atoms with Crippen molar-refractivity contribution in [1.82, 2.24) is 5.32 Å². The van der Waals surface area contributed by atoms with E-state index in [4.69, 9.17) is 4.74 Å². The van der Waals surface area contributed by atoms with E-state index in [1.807, 2.05) is 42.5 Å². The summed E-state index contributed by atoms with van der Waals surface area (Å²) in [6, 6.07) is 23.0. The predicted molar refractivity (Wildman–Crippen MR) is 108 cm³/mol. The molecule has 28 heavy (non-hydrogen) atoms. The fourth-order valence-corrected chi connectivity index (χ4v) is 4.53. The number of fused-ring (bicyclic) bond motifs is 1. The minimum atomic E-state index is -1.34. The molecule has 0 saturated heterocycles. The first-order chi connectivity index (χ1) is 13.6. The van der Waals surface area contributed by atoms with E-state index in [-0.39, 0.29) is 5.91 Å². The monoisotopic (exact) mass is 389 g/mol. The Balaban J connectivity index is 1.83. The van der Waals surface area contributed by atoms with E-state index in [2.05, 4.69) is 24.4 Å². The first-order valence-electron chi connectivity index (χ1n) is 8.90. The van der Waals surface area contributed by atoms with Gasteiger partial charge in [0.25, 0.3) is 5.91 Å². The molecule has 0 saturated carbocycles. The summed E-state index contributed by atoms with van der Waals surface area (Å²) >= 11 is 1.62. The maximum atomic E-state index is 12.9. The Morgan fingerprint density at radius 1 is 1.00 bits per heavy atom. The van der Waals surface area contributed by atoms with Gasteiger partial charge in [0, 0.05) is 20.9 Å². The van der Waals surface area contributed by atoms with Gasteiger partial charge in [0.15, 0.2) is 5.54 Å². The van der Waals surface area contributed by atoms with E-state index in [1.54, 1.807) is 30.0 Å². The summed E-state index contributed by atoms with van der Waals surface area (Å²) in [5, 5.41) is 2.88. The van der Waals surface area contributed by atoms with Gasteiger partial charge in [0.05, 0.1) is 7.11 Å². The molecule has 1 N–H and O–H groups in total. The maximum absolute atomic E-state index is 12.9. The number of rotatable bonds is 4. The molecular formula is C23H19NO3S. The number of nitrogens with one attached hydrogen (secondary N) is 1. The van der Waals surface area contributed by atoms with Gasteiger partial charge < -0.3 is 10.1 Å². The van der Waals surface area contributed by atoms with Gasteiger partial charge in [-0.15, -0.1) is 0 Å². The minimum absolute atomic E-state index is 0.280. The average Bonchev–Trinajstić information content (AvgIpc) is 3.03. The fourth-order valence-electron chi connectivity index (χ4n) is 3.56. The van der Waals surface area contributed by atoms with Crippen LogP contribution in [0.5, 0.6) is 0 Å². The molecule has 3 aromatic carbocycles. The van der Waals surface area contributed by atoms with Crippen LogP contribution in [0.3, 0.4) is 0 Å². The standard InChI is InChI=1S/C23H19NO3S/c1-15-8-3-6-13-20(15)28-17-10-7-9-16(14-17)23(22(26)27-2)19-12-5-4-11-18(19)21(25)24-23/h3-14H,1-2H3,(H,24,25). The van der Waals surface area contributed by atoms with E-state index in [9.17, 15) is 9.59 Å². The number of hydrogen-bond donors (Lipinski definition) is 1. The van der Waals surface area contributed by atoms with E-state index >= 15 is 0 Å². The second-order valence-electron chi connectivity index (χ2n) is 6.64. The van der Waals surface area contributed by atoms with Crippen LogP contribution in [0.25, 0.3) is 0 Å². The number of benzene rings is 3. The Morgan fingerprint density at radius 2 is 1.75 bits per heavy atom. The number of ether oxygens (including phenoxy) is 1. The third-order valence-electron chi connectivity index (χ3n) is 4.96. The van der Waals surface area contributed by atoms with E-state index in [0.717, 1.165) is 9.79 Å². The van der Waals surface area contributed by atoms with Gasteiger partial charge >= 0.3 is 5.97 Å². The zero-order chi connectivity index (χ0) is 19.7. The molecule has 4 nitrogen and oxygen atoms in total. The van der Waals surface area contributed by atoms with Crippen LogP contribution in [-0.4, -0.2) is 19.0 Å². The Bertz CT molecular complexity index is 1080. The third-order valence-corrected chi connectivity index (χ3v) is 6.12. The summed E-state index contributed by atoms with van der Waals surface area (Å²) in [6.07, 6.45) is 0. The van der Waals surface area contributed by atoms with Crippen molar-refractivity contribution in [3.05, 3.63) is 95.1 Å². The quantitative estimate of drug-likeness (QED) is 0.676. The molecule has 1 atom stereocenters.